The first kappa shape index (κ1) is 17.0. The van der Waals surface area contributed by atoms with E-state index in [0.717, 1.165) is 33.7 Å². The van der Waals surface area contributed by atoms with Gasteiger partial charge in [-0.25, -0.2) is 9.07 Å². The number of fused-ring (bicyclic) bond motifs is 3. The maximum absolute atomic E-state index is 13.6. The zero-order valence-electron chi connectivity index (χ0n) is 15.9. The second-order valence-electron chi connectivity index (χ2n) is 7.34. The average molecular weight is 396 g/mol. The van der Waals surface area contributed by atoms with E-state index in [1.165, 1.54) is 12.1 Å². The Morgan fingerprint density at radius 3 is 2.47 bits per heavy atom. The van der Waals surface area contributed by atoms with Gasteiger partial charge in [0.25, 0.3) is 0 Å². The van der Waals surface area contributed by atoms with Crippen molar-refractivity contribution in [2.75, 3.05) is 5.32 Å². The summed E-state index contributed by atoms with van der Waals surface area (Å²) in [6, 6.07) is 24.4. The number of hydrogen-bond acceptors (Lipinski definition) is 4. The summed E-state index contributed by atoms with van der Waals surface area (Å²) in [6.07, 6.45) is 1.15. The molecule has 0 saturated carbocycles. The molecular weight excluding hydrogens is 379 g/mol. The third-order valence-corrected chi connectivity index (χ3v) is 5.61. The molecule has 30 heavy (non-hydrogen) atoms. The van der Waals surface area contributed by atoms with Crippen molar-refractivity contribution >= 4 is 11.6 Å². The zero-order valence-corrected chi connectivity index (χ0v) is 15.9. The molecule has 0 aliphatic carbocycles. The Kier molecular flexibility index (Phi) is 3.71. The van der Waals surface area contributed by atoms with Crippen LogP contribution in [0.2, 0.25) is 0 Å². The molecule has 0 fully saturated rings. The Balaban J connectivity index is 1.63. The van der Waals surface area contributed by atoms with Crippen LogP contribution in [0, 0.1) is 5.82 Å². The van der Waals surface area contributed by atoms with Gasteiger partial charge in [0, 0.05) is 11.1 Å². The van der Waals surface area contributed by atoms with E-state index in [0.29, 0.717) is 5.95 Å². The van der Waals surface area contributed by atoms with E-state index in [4.69, 9.17) is 4.74 Å². The average Bonchev–Trinajstić information content (AvgIpc) is 3.26. The number of halogens is 1. The molecule has 4 aromatic rings. The summed E-state index contributed by atoms with van der Waals surface area (Å²) >= 11 is 0. The number of benzene rings is 3. The van der Waals surface area contributed by atoms with Gasteiger partial charge in [0.05, 0.1) is 5.70 Å². The predicted molar refractivity (Wildman–Crippen MR) is 111 cm³/mol. The van der Waals surface area contributed by atoms with Crippen LogP contribution in [-0.2, 0) is 0 Å². The first-order valence-electron chi connectivity index (χ1n) is 9.76. The molecule has 0 bridgehead atoms. The van der Waals surface area contributed by atoms with Gasteiger partial charge in [0.1, 0.15) is 30.0 Å². The number of hydrogen-bond donors (Lipinski definition) is 1. The minimum absolute atomic E-state index is 0.205. The highest BCUT2D eigenvalue weighted by atomic mass is 19.1. The van der Waals surface area contributed by atoms with Crippen LogP contribution in [0.1, 0.15) is 28.8 Å². The van der Waals surface area contributed by atoms with Gasteiger partial charge in [-0.15, -0.1) is 0 Å². The normalized spacial score (nSPS) is 19.2. The molecule has 1 N–H and O–H groups in total. The highest BCUT2D eigenvalue weighted by Gasteiger charge is 2.40. The molecule has 0 spiro atoms. The maximum atomic E-state index is 13.6. The Hall–Kier alpha value is -3.93. The fourth-order valence-electron chi connectivity index (χ4n) is 4.29. The van der Waals surface area contributed by atoms with E-state index >= 15 is 0 Å². The lowest BCUT2D eigenvalue weighted by molar-refractivity contribution is 0.223. The lowest BCUT2D eigenvalue weighted by Gasteiger charge is -2.38. The monoisotopic (exact) mass is 396 g/mol. The SMILES string of the molecule is Fc1ccc(C2Oc3ccccc3C3=C2C(c2ccccc2)n2ncnc2N3)cc1. The van der Waals surface area contributed by atoms with Crippen LogP contribution in [-0.4, -0.2) is 14.8 Å². The van der Waals surface area contributed by atoms with E-state index in [1.54, 1.807) is 18.5 Å². The summed E-state index contributed by atoms with van der Waals surface area (Å²) in [5, 5.41) is 7.96. The van der Waals surface area contributed by atoms with Crippen LogP contribution in [0.3, 0.4) is 0 Å². The second-order valence-corrected chi connectivity index (χ2v) is 7.34. The molecule has 3 aromatic carbocycles. The van der Waals surface area contributed by atoms with E-state index in [9.17, 15) is 4.39 Å². The lowest BCUT2D eigenvalue weighted by atomic mass is 9.84. The van der Waals surface area contributed by atoms with Crippen molar-refractivity contribution < 1.29 is 9.13 Å². The number of anilines is 1. The first-order valence-corrected chi connectivity index (χ1v) is 9.76. The lowest BCUT2D eigenvalue weighted by Crippen LogP contribution is -2.32. The summed E-state index contributed by atoms with van der Waals surface area (Å²) in [5.41, 5.74) is 4.91. The van der Waals surface area contributed by atoms with Crippen molar-refractivity contribution in [2.45, 2.75) is 12.1 Å². The van der Waals surface area contributed by atoms with Crippen molar-refractivity contribution in [1.82, 2.24) is 14.8 Å². The van der Waals surface area contributed by atoms with Crippen LogP contribution in [0.15, 0.2) is 90.8 Å². The Morgan fingerprint density at radius 2 is 1.63 bits per heavy atom. The fourth-order valence-corrected chi connectivity index (χ4v) is 4.29. The van der Waals surface area contributed by atoms with E-state index in [1.807, 2.05) is 47.1 Å². The Morgan fingerprint density at radius 1 is 0.867 bits per heavy atom. The standard InChI is InChI=1S/C24H17FN4O/c25-17-12-10-16(11-13-17)23-20-21(18-8-4-5-9-19(18)30-23)28-24-26-14-27-29(24)22(20)15-6-2-1-3-7-15/h1-14,22-23H,(H,26,27,28). The van der Waals surface area contributed by atoms with Crippen molar-refractivity contribution in [3.8, 4) is 5.75 Å². The van der Waals surface area contributed by atoms with Gasteiger partial charge >= 0.3 is 0 Å². The van der Waals surface area contributed by atoms with Crippen molar-refractivity contribution in [2.24, 2.45) is 0 Å². The molecule has 6 heteroatoms. The van der Waals surface area contributed by atoms with Gasteiger partial charge in [0.15, 0.2) is 0 Å². The third kappa shape index (κ3) is 2.54. The number of nitrogens with one attached hydrogen (secondary N) is 1. The van der Waals surface area contributed by atoms with E-state index in [-0.39, 0.29) is 11.9 Å². The molecule has 0 amide bonds. The summed E-state index contributed by atoms with van der Waals surface area (Å²) < 4.78 is 22.0. The smallest absolute Gasteiger partial charge is 0.226 e. The molecule has 1 aromatic heterocycles. The molecule has 3 heterocycles. The summed E-state index contributed by atoms with van der Waals surface area (Å²) in [6.45, 7) is 0. The largest absolute Gasteiger partial charge is 0.480 e. The number of para-hydroxylation sites is 1. The number of nitrogens with zero attached hydrogens (tertiary/aromatic N) is 3. The highest BCUT2D eigenvalue weighted by Crippen LogP contribution is 2.50. The molecule has 0 saturated heterocycles. The molecule has 2 aliphatic heterocycles. The Labute approximate surface area is 172 Å². The summed E-state index contributed by atoms with van der Waals surface area (Å²) in [5.74, 6) is 1.18. The van der Waals surface area contributed by atoms with Crippen LogP contribution >= 0.6 is 0 Å². The molecule has 5 nitrogen and oxygen atoms in total. The topological polar surface area (TPSA) is 52.0 Å². The summed E-state index contributed by atoms with van der Waals surface area (Å²) in [4.78, 5) is 4.42. The molecular formula is C24H17FN4O. The van der Waals surface area contributed by atoms with Crippen molar-refractivity contribution in [3.05, 3.63) is 113 Å². The number of aromatic nitrogens is 3. The summed E-state index contributed by atoms with van der Waals surface area (Å²) in [7, 11) is 0. The number of rotatable bonds is 2. The van der Waals surface area contributed by atoms with Crippen LogP contribution in [0.25, 0.3) is 5.70 Å². The second kappa shape index (κ2) is 6.56. The van der Waals surface area contributed by atoms with E-state index < -0.39 is 6.10 Å². The first-order chi connectivity index (χ1) is 14.8. The van der Waals surface area contributed by atoms with Gasteiger partial charge in [-0.05, 0) is 35.4 Å². The van der Waals surface area contributed by atoms with Gasteiger partial charge in [-0.2, -0.15) is 10.1 Å². The molecule has 2 atom stereocenters. The van der Waals surface area contributed by atoms with Crippen LogP contribution in [0.4, 0.5) is 10.3 Å². The minimum Gasteiger partial charge on any atom is -0.480 e. The minimum atomic E-state index is -0.398. The maximum Gasteiger partial charge on any atom is 0.226 e. The van der Waals surface area contributed by atoms with Crippen LogP contribution in [0.5, 0.6) is 5.75 Å². The molecule has 2 aliphatic rings. The van der Waals surface area contributed by atoms with Gasteiger partial charge in [-0.1, -0.05) is 54.6 Å². The Bertz CT molecular complexity index is 1260. The van der Waals surface area contributed by atoms with Gasteiger partial charge in [0.2, 0.25) is 5.95 Å². The van der Waals surface area contributed by atoms with Crippen LogP contribution < -0.4 is 10.1 Å². The molecule has 2 unspecified atom stereocenters. The highest BCUT2D eigenvalue weighted by molar-refractivity contribution is 5.85. The van der Waals surface area contributed by atoms with Gasteiger partial charge < -0.3 is 10.1 Å². The van der Waals surface area contributed by atoms with Crippen molar-refractivity contribution in [3.63, 3.8) is 0 Å². The number of ether oxygens (including phenoxy) is 1. The quantitative estimate of drug-likeness (QED) is 0.519. The predicted octanol–water partition coefficient (Wildman–Crippen LogP) is 4.98. The van der Waals surface area contributed by atoms with Crippen molar-refractivity contribution in [1.29, 1.82) is 0 Å². The van der Waals surface area contributed by atoms with E-state index in [2.05, 4.69) is 27.5 Å². The zero-order chi connectivity index (χ0) is 20.1. The molecule has 146 valence electrons. The molecule has 0 radical (unpaired) electrons. The third-order valence-electron chi connectivity index (χ3n) is 5.61. The molecule has 6 rings (SSSR count). The fraction of sp³-hybridized carbons (Fsp3) is 0.0833. The van der Waals surface area contributed by atoms with Gasteiger partial charge in [-0.3, -0.25) is 0 Å².